The molecule has 0 aliphatic heterocycles. The molecule has 0 aromatic rings. The number of thioether (sulfide) groups is 2. The lowest BCUT2D eigenvalue weighted by Gasteiger charge is -2.19. The summed E-state index contributed by atoms with van der Waals surface area (Å²) in [4.78, 5) is 16.2. The smallest absolute Gasteiger partial charge is 0.431 e. The van der Waals surface area contributed by atoms with Crippen molar-refractivity contribution in [2.24, 2.45) is 0 Å². The molecule has 0 spiro atoms. The highest BCUT2D eigenvalue weighted by Crippen LogP contribution is 2.08. The van der Waals surface area contributed by atoms with Gasteiger partial charge in [0.2, 0.25) is 0 Å². The van der Waals surface area contributed by atoms with Crippen LogP contribution in [0.4, 0.5) is 4.79 Å². The summed E-state index contributed by atoms with van der Waals surface area (Å²) in [7, 11) is 0. The Kier molecular flexibility index (Phi) is 11.5. The second-order valence-electron chi connectivity index (χ2n) is 4.37. The maximum absolute atomic E-state index is 11.2. The molecule has 108 valence electrons. The van der Waals surface area contributed by atoms with Gasteiger partial charge in [-0.05, 0) is 20.8 Å². The number of rotatable bonds is 9. The quantitative estimate of drug-likeness (QED) is 0.388. The van der Waals surface area contributed by atoms with E-state index in [0.29, 0.717) is 6.61 Å². The standard InChI is InChI=1S/C11H22BrNO3S2/c1-11(2,3)16-10(14)13-15-5-7-18-9-8-17-6-4-12/h4-9H2,1-3H3,(H,13,14). The fraction of sp³-hybridized carbons (Fsp3) is 0.909. The van der Waals surface area contributed by atoms with Gasteiger partial charge in [0.25, 0.3) is 0 Å². The minimum absolute atomic E-state index is 0.491. The van der Waals surface area contributed by atoms with E-state index in [4.69, 9.17) is 9.57 Å². The molecule has 0 saturated heterocycles. The third-order valence-electron chi connectivity index (χ3n) is 1.48. The Morgan fingerprint density at radius 3 is 2.33 bits per heavy atom. The Morgan fingerprint density at radius 2 is 1.78 bits per heavy atom. The zero-order valence-corrected chi connectivity index (χ0v) is 14.4. The number of nitrogens with one attached hydrogen (secondary N) is 1. The molecular formula is C11H22BrNO3S2. The van der Waals surface area contributed by atoms with Crippen LogP contribution in [0.5, 0.6) is 0 Å². The minimum atomic E-state index is -0.541. The first-order chi connectivity index (χ1) is 8.45. The van der Waals surface area contributed by atoms with E-state index in [2.05, 4.69) is 21.4 Å². The van der Waals surface area contributed by atoms with Crippen LogP contribution in [0.1, 0.15) is 20.8 Å². The van der Waals surface area contributed by atoms with E-state index in [1.807, 2.05) is 44.3 Å². The number of hydrogen-bond acceptors (Lipinski definition) is 5. The molecule has 1 amide bonds. The lowest BCUT2D eigenvalue weighted by molar-refractivity contribution is -0.00333. The Morgan fingerprint density at radius 1 is 1.17 bits per heavy atom. The number of alkyl halides is 1. The number of carbonyl (C=O) groups excluding carboxylic acids is 1. The van der Waals surface area contributed by atoms with E-state index < -0.39 is 11.7 Å². The molecule has 0 bridgehead atoms. The zero-order chi connectivity index (χ0) is 13.9. The zero-order valence-electron chi connectivity index (χ0n) is 11.2. The molecule has 7 heteroatoms. The average molecular weight is 360 g/mol. The van der Waals surface area contributed by atoms with Crippen molar-refractivity contribution in [3.63, 3.8) is 0 Å². The third kappa shape index (κ3) is 14.5. The van der Waals surface area contributed by atoms with E-state index >= 15 is 0 Å². The monoisotopic (exact) mass is 359 g/mol. The molecule has 0 aliphatic rings. The average Bonchev–Trinajstić information content (AvgIpc) is 2.24. The lowest BCUT2D eigenvalue weighted by Crippen LogP contribution is -2.33. The molecule has 0 heterocycles. The van der Waals surface area contributed by atoms with Crippen LogP contribution in [0.2, 0.25) is 0 Å². The molecule has 0 fully saturated rings. The summed E-state index contributed by atoms with van der Waals surface area (Å²) < 4.78 is 5.02. The first kappa shape index (κ1) is 18.4. The third-order valence-corrected chi connectivity index (χ3v) is 4.59. The van der Waals surface area contributed by atoms with Crippen LogP contribution in [0.15, 0.2) is 0 Å². The molecule has 4 nitrogen and oxygen atoms in total. The summed E-state index contributed by atoms with van der Waals surface area (Å²) >= 11 is 7.13. The summed E-state index contributed by atoms with van der Waals surface area (Å²) in [6, 6.07) is 0. The van der Waals surface area contributed by atoms with Crippen molar-refractivity contribution in [1.29, 1.82) is 0 Å². The molecule has 1 N–H and O–H groups in total. The molecule has 0 rings (SSSR count). The van der Waals surface area contributed by atoms with Crippen molar-refractivity contribution in [1.82, 2.24) is 5.48 Å². The molecule has 0 aromatic carbocycles. The van der Waals surface area contributed by atoms with Gasteiger partial charge < -0.3 is 4.74 Å². The molecule has 18 heavy (non-hydrogen) atoms. The molecule has 0 aliphatic carbocycles. The number of hydroxylamine groups is 1. The van der Waals surface area contributed by atoms with Crippen molar-refractivity contribution < 1.29 is 14.4 Å². The fourth-order valence-corrected chi connectivity index (χ4v) is 3.23. The van der Waals surface area contributed by atoms with Gasteiger partial charge >= 0.3 is 6.09 Å². The Bertz CT molecular complexity index is 225. The molecular weight excluding hydrogens is 338 g/mol. The molecule has 0 unspecified atom stereocenters. The second kappa shape index (κ2) is 11.3. The Balaban J connectivity index is 3.23. The van der Waals surface area contributed by atoms with Gasteiger partial charge in [-0.1, -0.05) is 15.9 Å². The van der Waals surface area contributed by atoms with E-state index in [9.17, 15) is 4.79 Å². The maximum Gasteiger partial charge on any atom is 0.431 e. The second-order valence-corrected chi connectivity index (χ2v) is 7.61. The van der Waals surface area contributed by atoms with Crippen molar-refractivity contribution in [3.05, 3.63) is 0 Å². The van der Waals surface area contributed by atoms with E-state index in [-0.39, 0.29) is 0 Å². The number of carbonyl (C=O) groups is 1. The molecule has 0 saturated carbocycles. The molecule has 0 radical (unpaired) electrons. The summed E-state index contributed by atoms with van der Waals surface area (Å²) in [5, 5.41) is 1.05. The molecule has 0 atom stereocenters. The number of amides is 1. The van der Waals surface area contributed by atoms with E-state index in [1.165, 1.54) is 0 Å². The number of halogens is 1. The van der Waals surface area contributed by atoms with Crippen molar-refractivity contribution in [2.45, 2.75) is 26.4 Å². The highest BCUT2D eigenvalue weighted by Gasteiger charge is 2.15. The number of hydrogen-bond donors (Lipinski definition) is 1. The highest BCUT2D eigenvalue weighted by molar-refractivity contribution is 9.09. The first-order valence-electron chi connectivity index (χ1n) is 5.78. The van der Waals surface area contributed by atoms with Gasteiger partial charge in [-0.3, -0.25) is 4.84 Å². The van der Waals surface area contributed by atoms with Crippen LogP contribution in [0.25, 0.3) is 0 Å². The van der Waals surface area contributed by atoms with Crippen LogP contribution in [-0.2, 0) is 9.57 Å². The summed E-state index contributed by atoms with van der Waals surface area (Å²) in [6.07, 6.45) is -0.541. The predicted octanol–water partition coefficient (Wildman–Crippen LogP) is 3.30. The van der Waals surface area contributed by atoms with Gasteiger partial charge in [0, 0.05) is 28.3 Å². The van der Waals surface area contributed by atoms with Gasteiger partial charge in [0.05, 0.1) is 6.61 Å². The summed E-state index contributed by atoms with van der Waals surface area (Å²) in [6.45, 7) is 5.93. The van der Waals surface area contributed by atoms with Gasteiger partial charge in [-0.2, -0.15) is 29.0 Å². The normalized spacial score (nSPS) is 11.3. The van der Waals surface area contributed by atoms with Crippen molar-refractivity contribution in [2.75, 3.05) is 34.9 Å². The van der Waals surface area contributed by atoms with E-state index in [0.717, 1.165) is 28.3 Å². The van der Waals surface area contributed by atoms with Crippen LogP contribution in [0, 0.1) is 0 Å². The van der Waals surface area contributed by atoms with Crippen LogP contribution >= 0.6 is 39.5 Å². The SMILES string of the molecule is CC(C)(C)OC(=O)NOCCSCCSCCBr. The van der Waals surface area contributed by atoms with Crippen LogP contribution in [0.3, 0.4) is 0 Å². The van der Waals surface area contributed by atoms with E-state index in [1.54, 1.807) is 0 Å². The van der Waals surface area contributed by atoms with Gasteiger partial charge in [-0.25, -0.2) is 4.79 Å². The van der Waals surface area contributed by atoms with Crippen molar-refractivity contribution >= 4 is 45.5 Å². The Hall–Kier alpha value is 0.410. The minimum Gasteiger partial charge on any atom is -0.442 e. The maximum atomic E-state index is 11.2. The van der Waals surface area contributed by atoms with Gasteiger partial charge in [0.15, 0.2) is 0 Å². The topological polar surface area (TPSA) is 47.6 Å². The van der Waals surface area contributed by atoms with Crippen LogP contribution in [-0.4, -0.2) is 46.6 Å². The number of ether oxygens (including phenoxy) is 1. The van der Waals surface area contributed by atoms with Gasteiger partial charge in [-0.15, -0.1) is 0 Å². The predicted molar refractivity (Wildman–Crippen MR) is 83.8 cm³/mol. The largest absolute Gasteiger partial charge is 0.442 e. The molecule has 0 aromatic heterocycles. The first-order valence-corrected chi connectivity index (χ1v) is 9.21. The summed E-state index contributed by atoms with van der Waals surface area (Å²) in [5.41, 5.74) is 1.77. The highest BCUT2D eigenvalue weighted by atomic mass is 79.9. The van der Waals surface area contributed by atoms with Gasteiger partial charge in [0.1, 0.15) is 5.60 Å². The lowest BCUT2D eigenvalue weighted by atomic mass is 10.2. The van der Waals surface area contributed by atoms with Crippen molar-refractivity contribution in [3.8, 4) is 0 Å². The summed E-state index contributed by atoms with van der Waals surface area (Å²) in [5.74, 6) is 4.27. The fourth-order valence-electron chi connectivity index (χ4n) is 0.886. The Labute approximate surface area is 126 Å². The van der Waals surface area contributed by atoms with Crippen LogP contribution < -0.4 is 5.48 Å².